The second kappa shape index (κ2) is 7.36. The Kier molecular flexibility index (Phi) is 5.76. The summed E-state index contributed by atoms with van der Waals surface area (Å²) in [7, 11) is 0. The molecule has 0 amide bonds. The van der Waals surface area contributed by atoms with Crippen LogP contribution in [0.5, 0.6) is 0 Å². The Hall–Kier alpha value is -0.940. The van der Waals surface area contributed by atoms with Crippen LogP contribution in [0.3, 0.4) is 0 Å². The Balaban J connectivity index is 2.01. The van der Waals surface area contributed by atoms with Gasteiger partial charge in [0.25, 0.3) is 0 Å². The molecule has 0 radical (unpaired) electrons. The first kappa shape index (κ1) is 16.4. The molecule has 2 unspecified atom stereocenters. The zero-order chi connectivity index (χ0) is 15.3. The average Bonchev–Trinajstić information content (AvgIpc) is 3.22. The van der Waals surface area contributed by atoms with Gasteiger partial charge in [-0.3, -0.25) is 0 Å². The molecule has 1 aliphatic carbocycles. The lowest BCUT2D eigenvalue weighted by Crippen LogP contribution is -2.34. The van der Waals surface area contributed by atoms with Gasteiger partial charge in [0.15, 0.2) is 0 Å². The molecule has 1 aromatic rings. The Bertz CT molecular complexity index is 431. The van der Waals surface area contributed by atoms with Crippen molar-refractivity contribution in [1.82, 2.24) is 15.5 Å². The Morgan fingerprint density at radius 1 is 1.38 bits per heavy atom. The van der Waals surface area contributed by atoms with Crippen LogP contribution in [0.4, 0.5) is 0 Å². The molecule has 5 heteroatoms. The van der Waals surface area contributed by atoms with E-state index < -0.39 is 5.60 Å². The standard InChI is InChI=1S/C16H29N3O2/c1-5-10-17-13(12-8-9-12)11-14-18-15(19-21-14)16(4,6-2)20-7-3/h12-13,17H,5-11H2,1-4H3. The maximum Gasteiger partial charge on any atom is 0.228 e. The summed E-state index contributed by atoms with van der Waals surface area (Å²) in [6.07, 6.45) is 5.43. The first-order chi connectivity index (χ1) is 10.1. The lowest BCUT2D eigenvalue weighted by molar-refractivity contribution is -0.0403. The van der Waals surface area contributed by atoms with Gasteiger partial charge in [0.2, 0.25) is 11.7 Å². The fraction of sp³-hybridized carbons (Fsp3) is 0.875. The van der Waals surface area contributed by atoms with Gasteiger partial charge in [0.1, 0.15) is 5.60 Å². The first-order valence-corrected chi connectivity index (χ1v) is 8.33. The van der Waals surface area contributed by atoms with Crippen molar-refractivity contribution < 1.29 is 9.26 Å². The molecule has 21 heavy (non-hydrogen) atoms. The van der Waals surface area contributed by atoms with Crippen molar-refractivity contribution in [1.29, 1.82) is 0 Å². The maximum absolute atomic E-state index is 5.81. The molecular weight excluding hydrogens is 266 g/mol. The van der Waals surface area contributed by atoms with E-state index >= 15 is 0 Å². The second-order valence-corrected chi connectivity index (χ2v) is 6.13. The van der Waals surface area contributed by atoms with Crippen LogP contribution in [-0.4, -0.2) is 29.3 Å². The molecule has 5 nitrogen and oxygen atoms in total. The highest BCUT2D eigenvalue weighted by Crippen LogP contribution is 2.34. The summed E-state index contributed by atoms with van der Waals surface area (Å²) in [6, 6.07) is 0.471. The van der Waals surface area contributed by atoms with Gasteiger partial charge >= 0.3 is 0 Å². The number of rotatable bonds is 10. The van der Waals surface area contributed by atoms with Crippen molar-refractivity contribution in [2.24, 2.45) is 5.92 Å². The van der Waals surface area contributed by atoms with E-state index in [-0.39, 0.29) is 0 Å². The number of ether oxygens (including phenoxy) is 1. The largest absolute Gasteiger partial charge is 0.367 e. The average molecular weight is 295 g/mol. The monoisotopic (exact) mass is 295 g/mol. The normalized spacial score (nSPS) is 19.4. The number of nitrogens with zero attached hydrogens (tertiary/aromatic N) is 2. The highest BCUT2D eigenvalue weighted by Gasteiger charge is 2.34. The molecule has 0 saturated heterocycles. The van der Waals surface area contributed by atoms with E-state index in [1.807, 2.05) is 13.8 Å². The molecule has 2 rings (SSSR count). The molecule has 0 bridgehead atoms. The molecule has 1 heterocycles. The van der Waals surface area contributed by atoms with Gasteiger partial charge in [-0.25, -0.2) is 0 Å². The third-order valence-corrected chi connectivity index (χ3v) is 4.32. The molecule has 1 fully saturated rings. The van der Waals surface area contributed by atoms with Crippen molar-refractivity contribution in [3.05, 3.63) is 11.7 Å². The van der Waals surface area contributed by atoms with Gasteiger partial charge < -0.3 is 14.6 Å². The van der Waals surface area contributed by atoms with Gasteiger partial charge in [-0.15, -0.1) is 0 Å². The van der Waals surface area contributed by atoms with E-state index in [1.165, 1.54) is 12.8 Å². The fourth-order valence-corrected chi connectivity index (χ4v) is 2.62. The van der Waals surface area contributed by atoms with E-state index in [0.29, 0.717) is 18.5 Å². The zero-order valence-electron chi connectivity index (χ0n) is 13.8. The zero-order valence-corrected chi connectivity index (χ0v) is 13.8. The van der Waals surface area contributed by atoms with Crippen molar-refractivity contribution in [2.75, 3.05) is 13.2 Å². The third-order valence-electron chi connectivity index (χ3n) is 4.32. The number of hydrogen-bond acceptors (Lipinski definition) is 5. The summed E-state index contributed by atoms with van der Waals surface area (Å²) in [6.45, 7) is 9.99. The van der Waals surface area contributed by atoms with Crippen LogP contribution in [0.2, 0.25) is 0 Å². The highest BCUT2D eigenvalue weighted by atomic mass is 16.5. The second-order valence-electron chi connectivity index (χ2n) is 6.13. The van der Waals surface area contributed by atoms with Crippen molar-refractivity contribution >= 4 is 0 Å². The Morgan fingerprint density at radius 2 is 2.14 bits per heavy atom. The molecule has 0 spiro atoms. The molecule has 0 aromatic carbocycles. The molecule has 1 aromatic heterocycles. The van der Waals surface area contributed by atoms with Crippen molar-refractivity contribution in [3.63, 3.8) is 0 Å². The maximum atomic E-state index is 5.81. The van der Waals surface area contributed by atoms with Crippen LogP contribution in [0, 0.1) is 5.92 Å². The molecule has 0 aliphatic heterocycles. The van der Waals surface area contributed by atoms with Gasteiger partial charge in [0.05, 0.1) is 0 Å². The van der Waals surface area contributed by atoms with Gasteiger partial charge in [-0.2, -0.15) is 4.98 Å². The predicted molar refractivity (Wildman–Crippen MR) is 82.1 cm³/mol. The fourth-order valence-electron chi connectivity index (χ4n) is 2.62. The van der Waals surface area contributed by atoms with Crippen LogP contribution in [0.15, 0.2) is 4.52 Å². The van der Waals surface area contributed by atoms with Crippen LogP contribution < -0.4 is 5.32 Å². The van der Waals surface area contributed by atoms with Crippen LogP contribution in [0.25, 0.3) is 0 Å². The summed E-state index contributed by atoms with van der Waals surface area (Å²) in [5.41, 5.74) is -0.442. The summed E-state index contributed by atoms with van der Waals surface area (Å²) in [5.74, 6) is 2.17. The van der Waals surface area contributed by atoms with Crippen LogP contribution >= 0.6 is 0 Å². The van der Waals surface area contributed by atoms with E-state index in [4.69, 9.17) is 9.26 Å². The minimum atomic E-state index is -0.442. The number of nitrogens with one attached hydrogen (secondary N) is 1. The smallest absolute Gasteiger partial charge is 0.228 e. The summed E-state index contributed by atoms with van der Waals surface area (Å²) < 4.78 is 11.3. The SMILES string of the molecule is CCCNC(Cc1nc(C(C)(CC)OCC)no1)C1CC1. The van der Waals surface area contributed by atoms with Gasteiger partial charge in [-0.1, -0.05) is 19.0 Å². The Labute approximate surface area is 127 Å². The first-order valence-electron chi connectivity index (χ1n) is 8.33. The van der Waals surface area contributed by atoms with E-state index in [9.17, 15) is 0 Å². The van der Waals surface area contributed by atoms with Crippen molar-refractivity contribution in [2.45, 2.75) is 71.4 Å². The topological polar surface area (TPSA) is 60.2 Å². The molecule has 2 atom stereocenters. The molecule has 1 saturated carbocycles. The van der Waals surface area contributed by atoms with Crippen LogP contribution in [0.1, 0.15) is 65.1 Å². The molecule has 1 aliphatic rings. The lowest BCUT2D eigenvalue weighted by Gasteiger charge is -2.23. The summed E-state index contributed by atoms with van der Waals surface area (Å²) in [5, 5.41) is 7.76. The molecule has 120 valence electrons. The predicted octanol–water partition coefficient (Wildman–Crippen LogP) is 3.05. The molecular formula is C16H29N3O2. The van der Waals surface area contributed by atoms with Gasteiger partial charge in [0, 0.05) is 19.1 Å². The lowest BCUT2D eigenvalue weighted by atomic mass is 10.0. The number of aromatic nitrogens is 2. The minimum Gasteiger partial charge on any atom is -0.367 e. The minimum absolute atomic E-state index is 0.442. The third kappa shape index (κ3) is 4.27. The van der Waals surface area contributed by atoms with E-state index in [1.54, 1.807) is 0 Å². The number of hydrogen-bond donors (Lipinski definition) is 1. The summed E-state index contributed by atoms with van der Waals surface area (Å²) in [4.78, 5) is 4.59. The van der Waals surface area contributed by atoms with Crippen LogP contribution in [-0.2, 0) is 16.8 Å². The molecule has 1 N–H and O–H groups in total. The van der Waals surface area contributed by atoms with E-state index in [2.05, 4.69) is 29.3 Å². The van der Waals surface area contributed by atoms with Crippen molar-refractivity contribution in [3.8, 4) is 0 Å². The van der Waals surface area contributed by atoms with E-state index in [0.717, 1.165) is 37.6 Å². The highest BCUT2D eigenvalue weighted by molar-refractivity contribution is 5.01. The summed E-state index contributed by atoms with van der Waals surface area (Å²) >= 11 is 0. The quantitative estimate of drug-likeness (QED) is 0.719. The Morgan fingerprint density at radius 3 is 2.71 bits per heavy atom. The van der Waals surface area contributed by atoms with Gasteiger partial charge in [-0.05, 0) is 52.0 Å².